The van der Waals surface area contributed by atoms with Gasteiger partial charge in [0.15, 0.2) is 0 Å². The molecule has 1 fully saturated rings. The summed E-state index contributed by atoms with van der Waals surface area (Å²) in [5.41, 5.74) is 4.47. The predicted molar refractivity (Wildman–Crippen MR) is 153 cm³/mol. The molecule has 1 amide bonds. The van der Waals surface area contributed by atoms with Crippen molar-refractivity contribution in [3.63, 3.8) is 0 Å². The summed E-state index contributed by atoms with van der Waals surface area (Å²) in [6.07, 6.45) is 0.827. The number of amides is 1. The van der Waals surface area contributed by atoms with Crippen LogP contribution in [0.1, 0.15) is 23.6 Å². The van der Waals surface area contributed by atoms with Gasteiger partial charge in [-0.3, -0.25) is 9.10 Å². The fraction of sp³-hybridized carbons (Fsp3) is 0.345. The molecule has 0 radical (unpaired) electrons. The first-order chi connectivity index (χ1) is 18.1. The van der Waals surface area contributed by atoms with Crippen LogP contribution in [0.3, 0.4) is 0 Å². The second-order valence-electron chi connectivity index (χ2n) is 9.48. The molecule has 9 heteroatoms. The number of sulfonamides is 1. The van der Waals surface area contributed by atoms with Gasteiger partial charge in [0.1, 0.15) is 17.2 Å². The van der Waals surface area contributed by atoms with E-state index in [0.29, 0.717) is 36.9 Å². The van der Waals surface area contributed by atoms with Crippen molar-refractivity contribution in [2.75, 3.05) is 49.0 Å². The summed E-state index contributed by atoms with van der Waals surface area (Å²) in [4.78, 5) is 17.5. The highest BCUT2D eigenvalue weighted by atomic mass is 35.5. The SMILES string of the molecule is CCc1ccc(N(CC(=O)N2CCN(c3cc(Cl)ccc3C)CC2)S(=O)(=O)c2cc(C)ccc2OC)cc1. The third-order valence-corrected chi connectivity index (χ3v) is 8.97. The first-order valence-corrected chi connectivity index (χ1v) is 14.5. The maximum atomic E-state index is 14.0. The lowest BCUT2D eigenvalue weighted by Crippen LogP contribution is -2.52. The number of methoxy groups -OCH3 is 1. The van der Waals surface area contributed by atoms with Gasteiger partial charge in [-0.15, -0.1) is 0 Å². The summed E-state index contributed by atoms with van der Waals surface area (Å²) in [7, 11) is -2.66. The van der Waals surface area contributed by atoms with E-state index in [1.165, 1.54) is 11.4 Å². The molecule has 1 aliphatic rings. The molecule has 38 heavy (non-hydrogen) atoms. The largest absolute Gasteiger partial charge is 0.495 e. The second kappa shape index (κ2) is 11.7. The van der Waals surface area contributed by atoms with Gasteiger partial charge in [-0.1, -0.05) is 42.8 Å². The van der Waals surface area contributed by atoms with Crippen LogP contribution in [0.25, 0.3) is 0 Å². The Kier molecular flexibility index (Phi) is 8.53. The Bertz CT molecular complexity index is 1400. The van der Waals surface area contributed by atoms with Crippen LogP contribution in [0.15, 0.2) is 65.6 Å². The summed E-state index contributed by atoms with van der Waals surface area (Å²) in [6, 6.07) is 18.1. The highest BCUT2D eigenvalue weighted by Crippen LogP contribution is 2.31. The Morgan fingerprint density at radius 3 is 2.29 bits per heavy atom. The number of hydrogen-bond acceptors (Lipinski definition) is 5. The van der Waals surface area contributed by atoms with E-state index in [4.69, 9.17) is 16.3 Å². The van der Waals surface area contributed by atoms with E-state index in [-0.39, 0.29) is 23.1 Å². The van der Waals surface area contributed by atoms with Gasteiger partial charge in [-0.2, -0.15) is 0 Å². The van der Waals surface area contributed by atoms with Crippen LogP contribution < -0.4 is 13.9 Å². The van der Waals surface area contributed by atoms with Gasteiger partial charge < -0.3 is 14.5 Å². The van der Waals surface area contributed by atoms with Crippen LogP contribution in [0, 0.1) is 13.8 Å². The minimum absolute atomic E-state index is 0.0358. The molecule has 1 heterocycles. The fourth-order valence-electron chi connectivity index (χ4n) is 4.66. The number of anilines is 2. The second-order valence-corrected chi connectivity index (χ2v) is 11.8. The van der Waals surface area contributed by atoms with E-state index in [1.807, 2.05) is 51.1 Å². The fourth-order valence-corrected chi connectivity index (χ4v) is 6.48. The number of carbonyl (C=O) groups excluding carboxylic acids is 1. The molecule has 0 N–H and O–H groups in total. The summed E-state index contributed by atoms with van der Waals surface area (Å²) >= 11 is 6.21. The number of hydrogen-bond donors (Lipinski definition) is 0. The molecule has 1 saturated heterocycles. The molecular weight excluding hydrogens is 522 g/mol. The smallest absolute Gasteiger partial charge is 0.268 e. The predicted octanol–water partition coefficient (Wildman–Crippen LogP) is 5.07. The normalized spacial score (nSPS) is 13.9. The Labute approximate surface area is 230 Å². The van der Waals surface area contributed by atoms with E-state index in [2.05, 4.69) is 4.90 Å². The van der Waals surface area contributed by atoms with Gasteiger partial charge in [0, 0.05) is 36.9 Å². The highest BCUT2D eigenvalue weighted by Gasteiger charge is 2.32. The maximum absolute atomic E-state index is 14.0. The van der Waals surface area contributed by atoms with Gasteiger partial charge in [0.2, 0.25) is 5.91 Å². The van der Waals surface area contributed by atoms with E-state index in [0.717, 1.165) is 28.8 Å². The number of piperazine rings is 1. The number of rotatable bonds is 8. The minimum Gasteiger partial charge on any atom is -0.495 e. The number of nitrogens with zero attached hydrogens (tertiary/aromatic N) is 3. The molecule has 0 atom stereocenters. The zero-order valence-electron chi connectivity index (χ0n) is 22.3. The van der Waals surface area contributed by atoms with Crippen molar-refractivity contribution in [1.82, 2.24) is 4.90 Å². The Morgan fingerprint density at radius 2 is 1.66 bits per heavy atom. The molecule has 0 aromatic heterocycles. The topological polar surface area (TPSA) is 70.2 Å². The molecule has 3 aromatic rings. The van der Waals surface area contributed by atoms with Crippen molar-refractivity contribution in [2.45, 2.75) is 32.1 Å². The zero-order chi connectivity index (χ0) is 27.4. The Hall–Kier alpha value is -3.23. The zero-order valence-corrected chi connectivity index (χ0v) is 23.8. The van der Waals surface area contributed by atoms with Crippen LogP contribution in [-0.4, -0.2) is 59.1 Å². The van der Waals surface area contributed by atoms with Crippen LogP contribution >= 0.6 is 11.6 Å². The standard InChI is InChI=1S/C29H34ClN3O4S/c1-5-23-8-11-25(12-9-23)33(38(35,36)28-18-21(2)6-13-27(28)37-4)20-29(34)32-16-14-31(15-17-32)26-19-24(30)10-7-22(26)3/h6-13,18-19H,5,14-17,20H2,1-4H3. The van der Waals surface area contributed by atoms with Gasteiger partial charge in [-0.25, -0.2) is 8.42 Å². The molecule has 3 aromatic carbocycles. The number of ether oxygens (including phenoxy) is 1. The summed E-state index contributed by atoms with van der Waals surface area (Å²) < 4.78 is 34.6. The maximum Gasteiger partial charge on any atom is 0.268 e. The molecule has 0 unspecified atom stereocenters. The van der Waals surface area contributed by atoms with Crippen molar-refractivity contribution in [2.24, 2.45) is 0 Å². The summed E-state index contributed by atoms with van der Waals surface area (Å²) in [6.45, 7) is 7.84. The van der Waals surface area contributed by atoms with E-state index < -0.39 is 10.0 Å². The van der Waals surface area contributed by atoms with Crippen LogP contribution in [0.2, 0.25) is 5.02 Å². The third-order valence-electron chi connectivity index (χ3n) is 6.94. The van der Waals surface area contributed by atoms with Crippen molar-refractivity contribution in [3.8, 4) is 5.75 Å². The first kappa shape index (κ1) is 27.8. The van der Waals surface area contributed by atoms with Gasteiger partial charge in [0.25, 0.3) is 10.0 Å². The first-order valence-electron chi connectivity index (χ1n) is 12.7. The van der Waals surface area contributed by atoms with Gasteiger partial charge >= 0.3 is 0 Å². The van der Waals surface area contributed by atoms with Gasteiger partial charge in [0.05, 0.1) is 12.8 Å². The van der Waals surface area contributed by atoms with Crippen LogP contribution in [0.5, 0.6) is 5.75 Å². The number of halogens is 1. The lowest BCUT2D eigenvalue weighted by molar-refractivity contribution is -0.129. The highest BCUT2D eigenvalue weighted by molar-refractivity contribution is 7.93. The van der Waals surface area contributed by atoms with E-state index in [9.17, 15) is 13.2 Å². The van der Waals surface area contributed by atoms with E-state index in [1.54, 1.807) is 35.2 Å². The Morgan fingerprint density at radius 1 is 0.974 bits per heavy atom. The quantitative estimate of drug-likeness (QED) is 0.388. The monoisotopic (exact) mass is 555 g/mol. The van der Waals surface area contributed by atoms with E-state index >= 15 is 0 Å². The van der Waals surface area contributed by atoms with Crippen molar-refractivity contribution < 1.29 is 17.9 Å². The summed E-state index contributed by atoms with van der Waals surface area (Å²) in [5.74, 6) is -0.00837. The molecule has 7 nitrogen and oxygen atoms in total. The minimum atomic E-state index is -4.10. The Balaban J connectivity index is 1.59. The van der Waals surface area contributed by atoms with Gasteiger partial charge in [-0.05, 0) is 73.4 Å². The molecule has 1 aliphatic heterocycles. The third kappa shape index (κ3) is 5.92. The van der Waals surface area contributed by atoms with Crippen LogP contribution in [0.4, 0.5) is 11.4 Å². The number of carbonyl (C=O) groups is 1. The lowest BCUT2D eigenvalue weighted by Gasteiger charge is -2.37. The summed E-state index contributed by atoms with van der Waals surface area (Å²) in [5, 5.41) is 0.672. The molecule has 0 spiro atoms. The average molecular weight is 556 g/mol. The van der Waals surface area contributed by atoms with Crippen molar-refractivity contribution in [3.05, 3.63) is 82.4 Å². The molecule has 4 rings (SSSR count). The molecule has 0 aliphatic carbocycles. The van der Waals surface area contributed by atoms with Crippen molar-refractivity contribution >= 4 is 38.9 Å². The molecular formula is C29H34ClN3O4S. The molecule has 202 valence electrons. The average Bonchev–Trinajstić information content (AvgIpc) is 2.93. The van der Waals surface area contributed by atoms with Crippen molar-refractivity contribution in [1.29, 1.82) is 0 Å². The van der Waals surface area contributed by atoms with Crippen LogP contribution in [-0.2, 0) is 21.2 Å². The lowest BCUT2D eigenvalue weighted by atomic mass is 10.1. The molecule has 0 saturated carbocycles. The molecule has 0 bridgehead atoms. The number of benzene rings is 3. The number of aryl methyl sites for hydroxylation is 3.